The molecule has 1 saturated carbocycles. The Morgan fingerprint density at radius 3 is 2.48 bits per heavy atom. The van der Waals surface area contributed by atoms with Crippen LogP contribution in [0.15, 0.2) is 66.7 Å². The third-order valence-corrected chi connectivity index (χ3v) is 8.19. The van der Waals surface area contributed by atoms with Gasteiger partial charge in [-0.25, -0.2) is 27.9 Å². The highest BCUT2D eigenvalue weighted by molar-refractivity contribution is 5.93. The van der Waals surface area contributed by atoms with Gasteiger partial charge in [0, 0.05) is 42.0 Å². The Labute approximate surface area is 262 Å². The van der Waals surface area contributed by atoms with Crippen molar-refractivity contribution in [3.63, 3.8) is 0 Å². The van der Waals surface area contributed by atoms with E-state index in [0.717, 1.165) is 31.0 Å². The molecule has 1 aliphatic rings. The number of benzene rings is 3. The highest BCUT2D eigenvalue weighted by Gasteiger charge is 2.43. The first-order valence-electron chi connectivity index (χ1n) is 14.4. The summed E-state index contributed by atoms with van der Waals surface area (Å²) in [6.45, 7) is 0.268. The lowest BCUT2D eigenvalue weighted by atomic mass is 10.0. The van der Waals surface area contributed by atoms with Crippen molar-refractivity contribution < 1.29 is 27.4 Å². The number of nitrogens with zero attached hydrogens (tertiary/aromatic N) is 5. The average molecular weight is 622 g/mol. The number of halogens is 3. The van der Waals surface area contributed by atoms with Crippen molar-refractivity contribution in [1.82, 2.24) is 14.5 Å². The van der Waals surface area contributed by atoms with Gasteiger partial charge in [-0.15, -0.1) is 0 Å². The van der Waals surface area contributed by atoms with Gasteiger partial charge >= 0.3 is 5.97 Å². The average Bonchev–Trinajstić information content (AvgIpc) is 3.74. The third kappa shape index (κ3) is 6.13. The summed E-state index contributed by atoms with van der Waals surface area (Å²) < 4.78 is 57.8. The normalized spacial score (nSPS) is 13.2. The molecule has 0 saturated heterocycles. The number of hydrogen-bond acceptors (Lipinski definition) is 7. The fourth-order valence-corrected chi connectivity index (χ4v) is 5.42. The van der Waals surface area contributed by atoms with Gasteiger partial charge in [-0.1, -0.05) is 12.1 Å². The lowest BCUT2D eigenvalue weighted by Gasteiger charge is -2.16. The molecule has 0 N–H and O–H groups in total. The van der Waals surface area contributed by atoms with Crippen molar-refractivity contribution in [3.05, 3.63) is 112 Å². The van der Waals surface area contributed by atoms with Crippen LogP contribution in [0.25, 0.3) is 22.3 Å². The Kier molecular flexibility index (Phi) is 8.16. The van der Waals surface area contributed by atoms with Gasteiger partial charge in [0.2, 0.25) is 5.88 Å². The smallest absolute Gasteiger partial charge is 0.337 e. The topological polar surface area (TPSA) is 114 Å². The maximum atomic E-state index is 15.6. The van der Waals surface area contributed by atoms with E-state index in [-0.39, 0.29) is 52.3 Å². The maximum absolute atomic E-state index is 15.6. The van der Waals surface area contributed by atoms with Crippen LogP contribution in [0.5, 0.6) is 5.88 Å². The molecular weight excluding hydrogens is 595 g/mol. The summed E-state index contributed by atoms with van der Waals surface area (Å²) in [6.07, 6.45) is 2.01. The minimum atomic E-state index is -0.710. The Balaban J connectivity index is 1.28. The molecule has 0 atom stereocenters. The van der Waals surface area contributed by atoms with Crippen LogP contribution < -0.4 is 4.74 Å². The summed E-state index contributed by atoms with van der Waals surface area (Å²) in [5.41, 5.74) is 1.80. The maximum Gasteiger partial charge on any atom is 0.337 e. The number of nitriles is 2. The molecule has 0 radical (unpaired) electrons. The number of carbonyl (C=O) groups is 1. The van der Waals surface area contributed by atoms with Crippen molar-refractivity contribution >= 4 is 17.0 Å². The molecule has 5 aromatic rings. The zero-order valence-corrected chi connectivity index (χ0v) is 24.7. The molecule has 46 heavy (non-hydrogen) atoms. The Bertz CT molecular complexity index is 2070. The highest BCUT2D eigenvalue weighted by atomic mass is 19.1. The van der Waals surface area contributed by atoms with E-state index >= 15 is 8.78 Å². The van der Waals surface area contributed by atoms with E-state index in [1.54, 1.807) is 24.3 Å². The molecule has 1 aliphatic carbocycles. The molecule has 6 rings (SSSR count). The van der Waals surface area contributed by atoms with Gasteiger partial charge < -0.3 is 14.0 Å². The lowest BCUT2D eigenvalue weighted by Crippen LogP contribution is -2.15. The standard InChI is InChI=1S/C35H26F3N5O3/c1-45-34(44)22-7-8-30-31(15-22)43(20-35(9-10-35)11-12-39)32(41-30)16-24-14-28(38)25(17-27(24)37)29-3-2-4-33(42-29)46-19-23-6-5-21(18-40)13-26(23)36/h2-8,13-15,17H,9-11,16,19-20H2,1H3. The molecule has 230 valence electrons. The van der Waals surface area contributed by atoms with Crippen LogP contribution in [-0.2, 0) is 24.3 Å². The molecule has 0 bridgehead atoms. The monoisotopic (exact) mass is 621 g/mol. The molecule has 0 unspecified atom stereocenters. The number of aromatic nitrogens is 3. The van der Waals surface area contributed by atoms with Crippen LogP contribution in [0.1, 0.15) is 52.1 Å². The van der Waals surface area contributed by atoms with Crippen molar-refractivity contribution in [1.29, 1.82) is 10.5 Å². The van der Waals surface area contributed by atoms with Crippen LogP contribution in [0.2, 0.25) is 0 Å². The summed E-state index contributed by atoms with van der Waals surface area (Å²) in [4.78, 5) is 21.2. The quantitative estimate of drug-likeness (QED) is 0.154. The number of fused-ring (bicyclic) bond motifs is 1. The minimum Gasteiger partial charge on any atom is -0.473 e. The van der Waals surface area contributed by atoms with Gasteiger partial charge in [-0.2, -0.15) is 10.5 Å². The number of ether oxygens (including phenoxy) is 2. The van der Waals surface area contributed by atoms with Crippen molar-refractivity contribution in [2.24, 2.45) is 5.41 Å². The van der Waals surface area contributed by atoms with E-state index in [0.29, 0.717) is 35.4 Å². The number of imidazole rings is 1. The molecule has 0 spiro atoms. The number of methoxy groups -OCH3 is 1. The van der Waals surface area contributed by atoms with Crippen LogP contribution in [0.4, 0.5) is 13.2 Å². The van der Waals surface area contributed by atoms with E-state index in [1.165, 1.54) is 31.4 Å². The van der Waals surface area contributed by atoms with E-state index in [4.69, 9.17) is 19.7 Å². The first kappa shape index (κ1) is 30.4. The first-order chi connectivity index (χ1) is 22.2. The molecule has 0 amide bonds. The summed E-state index contributed by atoms with van der Waals surface area (Å²) in [5.74, 6) is -1.95. The van der Waals surface area contributed by atoms with Crippen molar-refractivity contribution in [2.45, 2.75) is 38.8 Å². The van der Waals surface area contributed by atoms with Gasteiger partial charge in [0.25, 0.3) is 0 Å². The van der Waals surface area contributed by atoms with Gasteiger partial charge in [-0.05, 0) is 66.9 Å². The van der Waals surface area contributed by atoms with E-state index < -0.39 is 23.4 Å². The zero-order chi connectivity index (χ0) is 32.4. The van der Waals surface area contributed by atoms with Crippen LogP contribution in [0, 0.1) is 45.5 Å². The van der Waals surface area contributed by atoms with E-state index in [2.05, 4.69) is 11.1 Å². The summed E-state index contributed by atoms with van der Waals surface area (Å²) >= 11 is 0. The molecule has 2 heterocycles. The van der Waals surface area contributed by atoms with Crippen molar-refractivity contribution in [2.75, 3.05) is 7.11 Å². The Morgan fingerprint density at radius 2 is 1.76 bits per heavy atom. The summed E-state index contributed by atoms with van der Waals surface area (Å²) in [7, 11) is 1.29. The molecule has 2 aromatic heterocycles. The van der Waals surface area contributed by atoms with Crippen LogP contribution >= 0.6 is 0 Å². The van der Waals surface area contributed by atoms with E-state index in [1.807, 2.05) is 10.6 Å². The second-order valence-corrected chi connectivity index (χ2v) is 11.3. The predicted octanol–water partition coefficient (Wildman–Crippen LogP) is 7.04. The Hall–Kier alpha value is -5.68. The van der Waals surface area contributed by atoms with Crippen molar-refractivity contribution in [3.8, 4) is 29.3 Å². The van der Waals surface area contributed by atoms with E-state index in [9.17, 15) is 14.4 Å². The SMILES string of the molecule is COC(=O)c1ccc2nc(Cc3cc(F)c(-c4cccc(OCc5ccc(C#N)cc5F)n4)cc3F)n(CC3(CC#N)CC3)c2c1. The highest BCUT2D eigenvalue weighted by Crippen LogP contribution is 2.50. The third-order valence-electron chi connectivity index (χ3n) is 8.19. The minimum absolute atomic E-state index is 0.0410. The number of hydrogen-bond donors (Lipinski definition) is 0. The van der Waals surface area contributed by atoms with Crippen LogP contribution in [-0.4, -0.2) is 27.6 Å². The number of carbonyl (C=O) groups excluding carboxylic acids is 1. The zero-order valence-electron chi connectivity index (χ0n) is 24.7. The molecular formula is C35H26F3N5O3. The molecule has 1 fully saturated rings. The number of esters is 1. The number of rotatable bonds is 10. The van der Waals surface area contributed by atoms with Gasteiger partial charge in [-0.3, -0.25) is 0 Å². The molecule has 8 nitrogen and oxygen atoms in total. The molecule has 11 heteroatoms. The van der Waals surface area contributed by atoms with Gasteiger partial charge in [0.1, 0.15) is 29.9 Å². The fourth-order valence-electron chi connectivity index (χ4n) is 5.42. The number of pyridine rings is 1. The molecule has 0 aliphatic heterocycles. The fraction of sp³-hybridized carbons (Fsp3) is 0.229. The second kappa shape index (κ2) is 12.4. The molecule has 3 aromatic carbocycles. The van der Waals surface area contributed by atoms with Gasteiger partial charge in [0.05, 0.1) is 47.1 Å². The predicted molar refractivity (Wildman–Crippen MR) is 161 cm³/mol. The van der Waals surface area contributed by atoms with Crippen LogP contribution in [0.3, 0.4) is 0 Å². The second-order valence-electron chi connectivity index (χ2n) is 11.3. The Morgan fingerprint density at radius 1 is 0.957 bits per heavy atom. The van der Waals surface area contributed by atoms with Gasteiger partial charge in [0.15, 0.2) is 0 Å². The summed E-state index contributed by atoms with van der Waals surface area (Å²) in [6, 6.07) is 19.8. The lowest BCUT2D eigenvalue weighted by molar-refractivity contribution is 0.0601. The first-order valence-corrected chi connectivity index (χ1v) is 14.4. The summed E-state index contributed by atoms with van der Waals surface area (Å²) in [5, 5.41) is 18.3. The largest absolute Gasteiger partial charge is 0.473 e.